The number of hydrogen-bond acceptors (Lipinski definition) is 8. The van der Waals surface area contributed by atoms with Crippen LogP contribution in [0, 0.1) is 5.92 Å². The van der Waals surface area contributed by atoms with Gasteiger partial charge in [-0.2, -0.15) is 0 Å². The first-order valence-corrected chi connectivity index (χ1v) is 17.7. The number of aromatic nitrogens is 4. The summed E-state index contributed by atoms with van der Waals surface area (Å²) < 4.78 is 7.13. The van der Waals surface area contributed by atoms with Crippen LogP contribution in [0.5, 0.6) is 0 Å². The smallest absolute Gasteiger partial charge is 0.407 e. The molecule has 0 bridgehead atoms. The quantitative estimate of drug-likeness (QED) is 0.134. The number of nitrogens with zero attached hydrogens (tertiary/aromatic N) is 4. The fourth-order valence-corrected chi connectivity index (χ4v) is 9.05. The molecular formula is C34H37N7O5S2. The number of amides is 3. The van der Waals surface area contributed by atoms with Crippen LogP contribution in [0.3, 0.4) is 0 Å². The van der Waals surface area contributed by atoms with E-state index in [2.05, 4.69) is 61.7 Å². The third kappa shape index (κ3) is 6.05. The molecule has 5 aromatic rings. The van der Waals surface area contributed by atoms with Gasteiger partial charge in [0.15, 0.2) is 0 Å². The van der Waals surface area contributed by atoms with Crippen LogP contribution < -0.4 is 5.32 Å². The molecule has 14 heteroatoms. The minimum Gasteiger partial charge on any atom is -0.465 e. The molecule has 0 spiro atoms. The topological polar surface area (TPSA) is 157 Å². The normalized spacial score (nSPS) is 18.6. The van der Waals surface area contributed by atoms with Crippen molar-refractivity contribution in [2.75, 3.05) is 20.2 Å². The van der Waals surface area contributed by atoms with Crippen molar-refractivity contribution in [1.29, 1.82) is 0 Å². The predicted molar refractivity (Wildman–Crippen MR) is 185 cm³/mol. The fraction of sp³-hybridized carbons (Fsp3) is 0.382. The van der Waals surface area contributed by atoms with Crippen LogP contribution in [0.2, 0.25) is 0 Å². The second-order valence-corrected chi connectivity index (χ2v) is 14.7. The number of methoxy groups -OCH3 is 1. The average molecular weight is 688 g/mol. The van der Waals surface area contributed by atoms with Crippen molar-refractivity contribution >= 4 is 50.2 Å². The predicted octanol–water partition coefficient (Wildman–Crippen LogP) is 7.27. The molecule has 1 unspecified atom stereocenters. The Morgan fingerprint density at radius 1 is 0.875 bits per heavy atom. The average Bonchev–Trinajstić information content (AvgIpc) is 3.91. The lowest BCUT2D eigenvalue weighted by atomic mass is 10.0. The van der Waals surface area contributed by atoms with Crippen molar-refractivity contribution in [3.05, 3.63) is 60.4 Å². The maximum atomic E-state index is 13.5. The molecule has 2 saturated heterocycles. The van der Waals surface area contributed by atoms with Gasteiger partial charge in [0, 0.05) is 27.4 Å². The highest BCUT2D eigenvalue weighted by molar-refractivity contribution is 7.31. The first-order valence-electron chi connectivity index (χ1n) is 16.1. The SMILES string of the molecule is COC(=O)NC(C(=O)N1CCC[C@H]1c1ncc(-c2cc3sc(-c4ccc(-c5cnc([C@@H]6CCCN6C(=O)O)[nH]5)cc4)cc3s2)[nH]1)C(C)C. The summed E-state index contributed by atoms with van der Waals surface area (Å²) in [5.41, 5.74) is 3.90. The second-order valence-electron chi connectivity index (χ2n) is 12.6. The van der Waals surface area contributed by atoms with Crippen LogP contribution in [0.25, 0.3) is 41.7 Å². The van der Waals surface area contributed by atoms with E-state index in [0.29, 0.717) is 18.9 Å². The van der Waals surface area contributed by atoms with Gasteiger partial charge in [-0.15, -0.1) is 22.7 Å². The number of benzene rings is 1. The van der Waals surface area contributed by atoms with Crippen molar-refractivity contribution in [2.45, 2.75) is 57.7 Å². The Morgan fingerprint density at radius 3 is 2.08 bits per heavy atom. The summed E-state index contributed by atoms with van der Waals surface area (Å²) in [7, 11) is 1.29. The molecule has 7 rings (SSSR count). The van der Waals surface area contributed by atoms with Gasteiger partial charge in [-0.1, -0.05) is 38.1 Å². The van der Waals surface area contributed by atoms with Crippen molar-refractivity contribution < 1.29 is 24.2 Å². The Labute approximate surface area is 285 Å². The van der Waals surface area contributed by atoms with E-state index < -0.39 is 18.2 Å². The van der Waals surface area contributed by atoms with E-state index in [-0.39, 0.29) is 23.9 Å². The lowest BCUT2D eigenvalue weighted by Gasteiger charge is -2.30. The number of imidazole rings is 2. The minimum atomic E-state index is -0.909. The van der Waals surface area contributed by atoms with Crippen LogP contribution in [0.15, 0.2) is 48.8 Å². The van der Waals surface area contributed by atoms with Gasteiger partial charge in [-0.25, -0.2) is 19.6 Å². The highest BCUT2D eigenvalue weighted by Crippen LogP contribution is 2.42. The van der Waals surface area contributed by atoms with Crippen LogP contribution in [-0.4, -0.2) is 79.2 Å². The number of fused-ring (bicyclic) bond motifs is 1. The lowest BCUT2D eigenvalue weighted by Crippen LogP contribution is -2.51. The monoisotopic (exact) mass is 687 g/mol. The molecular weight excluding hydrogens is 651 g/mol. The van der Waals surface area contributed by atoms with Crippen molar-refractivity contribution in [3.63, 3.8) is 0 Å². The Hall–Kier alpha value is -4.69. The van der Waals surface area contributed by atoms with Crippen molar-refractivity contribution in [1.82, 2.24) is 35.1 Å². The summed E-state index contributed by atoms with van der Waals surface area (Å²) in [5.74, 6) is 1.22. The highest BCUT2D eigenvalue weighted by Gasteiger charge is 2.37. The number of nitrogens with one attached hydrogen (secondary N) is 3. The van der Waals surface area contributed by atoms with Crippen LogP contribution >= 0.6 is 22.7 Å². The molecule has 48 heavy (non-hydrogen) atoms. The molecule has 1 aromatic carbocycles. The first-order chi connectivity index (χ1) is 23.2. The summed E-state index contributed by atoms with van der Waals surface area (Å²) in [6.45, 7) is 4.96. The van der Waals surface area contributed by atoms with E-state index in [1.807, 2.05) is 24.9 Å². The van der Waals surface area contributed by atoms with Crippen molar-refractivity contribution in [3.8, 4) is 32.3 Å². The molecule has 4 N–H and O–H groups in total. The van der Waals surface area contributed by atoms with Crippen LogP contribution in [0.4, 0.5) is 9.59 Å². The van der Waals surface area contributed by atoms with Gasteiger partial charge in [-0.3, -0.25) is 9.69 Å². The molecule has 4 aromatic heterocycles. The van der Waals surface area contributed by atoms with E-state index in [0.717, 1.165) is 58.9 Å². The van der Waals surface area contributed by atoms with Gasteiger partial charge in [0.25, 0.3) is 0 Å². The molecule has 2 aliphatic heterocycles. The number of alkyl carbamates (subject to hydrolysis) is 1. The number of H-pyrrole nitrogens is 2. The Morgan fingerprint density at radius 2 is 1.44 bits per heavy atom. The maximum absolute atomic E-state index is 13.5. The minimum absolute atomic E-state index is 0.0912. The summed E-state index contributed by atoms with van der Waals surface area (Å²) in [6, 6.07) is 11.6. The Bertz CT molecular complexity index is 1930. The molecule has 0 radical (unpaired) electrons. The van der Waals surface area contributed by atoms with Gasteiger partial charge in [0.1, 0.15) is 17.7 Å². The van der Waals surface area contributed by atoms with Gasteiger partial charge in [0.2, 0.25) is 5.91 Å². The summed E-state index contributed by atoms with van der Waals surface area (Å²) in [6.07, 6.45) is 5.36. The summed E-state index contributed by atoms with van der Waals surface area (Å²) in [5, 5.41) is 12.2. The molecule has 3 amide bonds. The molecule has 2 fully saturated rings. The fourth-order valence-electron chi connectivity index (χ4n) is 6.68. The molecule has 3 atom stereocenters. The van der Waals surface area contributed by atoms with Gasteiger partial charge >= 0.3 is 12.2 Å². The molecule has 12 nitrogen and oxygen atoms in total. The molecule has 250 valence electrons. The standard InChI is InChI=1S/C34H37N7O5S2/c1-18(2)29(39-33(43)46-3)32(42)40-12-4-6-23(40)30-36-17-22(38-30)26-15-28-27(48-26)14-25(47-28)20-10-8-19(9-11-20)21-16-35-31(37-21)24-7-5-13-41(24)34(44)45/h8-11,14-18,23-24,29H,4-7,12-13H2,1-3H3,(H,35,37)(H,36,38)(H,39,43)(H,44,45)/t23-,24-,29?/m0/s1. The molecule has 0 saturated carbocycles. The second kappa shape index (κ2) is 13.1. The number of carbonyl (C=O) groups excluding carboxylic acids is 2. The lowest BCUT2D eigenvalue weighted by molar-refractivity contribution is -0.135. The van der Waals surface area contributed by atoms with Gasteiger partial charge < -0.3 is 30.0 Å². The number of likely N-dealkylation sites (tertiary alicyclic amines) is 2. The molecule has 0 aliphatic carbocycles. The zero-order valence-electron chi connectivity index (χ0n) is 26.9. The maximum Gasteiger partial charge on any atom is 0.407 e. The molecule has 2 aliphatic rings. The number of carbonyl (C=O) groups is 3. The zero-order valence-corrected chi connectivity index (χ0v) is 28.5. The summed E-state index contributed by atoms with van der Waals surface area (Å²) >= 11 is 3.44. The van der Waals surface area contributed by atoms with Gasteiger partial charge in [0.05, 0.1) is 47.9 Å². The number of aromatic amines is 2. The van der Waals surface area contributed by atoms with E-state index in [4.69, 9.17) is 4.74 Å². The summed E-state index contributed by atoms with van der Waals surface area (Å²) in [4.78, 5) is 58.5. The van der Waals surface area contributed by atoms with E-state index >= 15 is 0 Å². The number of ether oxygens (including phenoxy) is 1. The number of rotatable bonds is 8. The Kier molecular flexibility index (Phi) is 8.69. The first kappa shape index (κ1) is 31.9. The highest BCUT2D eigenvalue weighted by atomic mass is 32.1. The Balaban J connectivity index is 1.04. The van der Waals surface area contributed by atoms with Crippen molar-refractivity contribution in [2.24, 2.45) is 5.92 Å². The third-order valence-electron chi connectivity index (χ3n) is 9.20. The van der Waals surface area contributed by atoms with E-state index in [1.165, 1.54) is 26.3 Å². The number of thiophene rings is 2. The van der Waals surface area contributed by atoms with Crippen LogP contribution in [0.1, 0.15) is 63.3 Å². The van der Waals surface area contributed by atoms with E-state index in [9.17, 15) is 19.5 Å². The number of hydrogen-bond donors (Lipinski definition) is 4. The zero-order chi connectivity index (χ0) is 33.5. The molecule has 6 heterocycles. The largest absolute Gasteiger partial charge is 0.465 e. The third-order valence-corrected chi connectivity index (χ3v) is 11.6. The number of carboxylic acid groups (broad SMARTS) is 1. The van der Waals surface area contributed by atoms with E-state index in [1.54, 1.807) is 28.9 Å². The van der Waals surface area contributed by atoms with Gasteiger partial charge in [-0.05, 0) is 54.9 Å². The van der Waals surface area contributed by atoms with Crippen LogP contribution in [-0.2, 0) is 9.53 Å².